The molecule has 2 atom stereocenters. The summed E-state index contributed by atoms with van der Waals surface area (Å²) in [6.07, 6.45) is 3.03. The minimum Gasteiger partial charge on any atom is -0.504 e. The van der Waals surface area contributed by atoms with Gasteiger partial charge in [0.05, 0.1) is 6.10 Å². The second kappa shape index (κ2) is 15.4. The largest absolute Gasteiger partial charge is 0.504 e. The third kappa shape index (κ3) is 9.11. The molecule has 3 aromatic carbocycles. The molecule has 1 heterocycles. The summed E-state index contributed by atoms with van der Waals surface area (Å²) in [6, 6.07) is 18.2. The Morgan fingerprint density at radius 2 is 1.69 bits per heavy atom. The average molecular weight is 579 g/mol. The van der Waals surface area contributed by atoms with Gasteiger partial charge in [-0.2, -0.15) is 0 Å². The molecular weight excluding hydrogens is 536 g/mol. The predicted molar refractivity (Wildman–Crippen MR) is 160 cm³/mol. The van der Waals surface area contributed by atoms with Crippen molar-refractivity contribution in [1.29, 1.82) is 0 Å². The highest BCUT2D eigenvalue weighted by atomic mass is 16.5. The summed E-state index contributed by atoms with van der Waals surface area (Å²) in [4.78, 5) is 12.8. The van der Waals surface area contributed by atoms with Crippen LogP contribution in [0.1, 0.15) is 61.1 Å². The molecule has 1 aliphatic rings. The Balaban J connectivity index is 1.43. The molecule has 2 unspecified atom stereocenters. The minimum absolute atomic E-state index is 0.00538. The Kier molecular flexibility index (Phi) is 11.5. The van der Waals surface area contributed by atoms with Gasteiger partial charge in [0.2, 0.25) is 5.75 Å². The third-order valence-electron chi connectivity index (χ3n) is 7.73. The van der Waals surface area contributed by atoms with Crippen molar-refractivity contribution in [2.75, 3.05) is 19.8 Å². The molecule has 0 radical (unpaired) electrons. The number of phenolic OH excluding ortho intramolecular Hbond substituents is 3. The Morgan fingerprint density at radius 3 is 2.43 bits per heavy atom. The van der Waals surface area contributed by atoms with Crippen molar-refractivity contribution in [2.45, 2.75) is 69.5 Å². The van der Waals surface area contributed by atoms with Gasteiger partial charge in [-0.1, -0.05) is 36.4 Å². The first-order chi connectivity index (χ1) is 20.3. The molecule has 0 saturated carbocycles. The molecule has 9 nitrogen and oxygen atoms in total. The van der Waals surface area contributed by atoms with Gasteiger partial charge in [0.25, 0.3) is 0 Å². The van der Waals surface area contributed by atoms with Crippen LogP contribution in [0.4, 0.5) is 0 Å². The van der Waals surface area contributed by atoms with E-state index < -0.39 is 6.10 Å². The van der Waals surface area contributed by atoms with Gasteiger partial charge in [-0.3, -0.25) is 10.5 Å². The highest BCUT2D eigenvalue weighted by molar-refractivity contribution is 5.79. The number of nitrogens with two attached hydrogens (primary N) is 1. The van der Waals surface area contributed by atoms with E-state index in [0.29, 0.717) is 19.3 Å². The number of ether oxygens (including phenoxy) is 2. The number of piperidine rings is 1. The van der Waals surface area contributed by atoms with Crippen LogP contribution in [-0.4, -0.2) is 58.2 Å². The fraction of sp³-hybridized carbons (Fsp3) is 0.424. The van der Waals surface area contributed by atoms with Gasteiger partial charge < -0.3 is 35.2 Å². The lowest BCUT2D eigenvalue weighted by molar-refractivity contribution is -0.121. The number of Topliss-reactive ketones (excluding diaryl/α,β-unsaturated/α-hetero) is 1. The van der Waals surface area contributed by atoms with E-state index in [1.807, 2.05) is 30.3 Å². The summed E-state index contributed by atoms with van der Waals surface area (Å²) < 4.78 is 11.3. The van der Waals surface area contributed by atoms with Crippen molar-refractivity contribution in [3.8, 4) is 28.7 Å². The molecule has 0 spiro atoms. The maximum atomic E-state index is 12.8. The summed E-state index contributed by atoms with van der Waals surface area (Å²) >= 11 is 0. The van der Waals surface area contributed by atoms with Crippen LogP contribution in [0, 0.1) is 0 Å². The fourth-order valence-electron chi connectivity index (χ4n) is 5.42. The maximum absolute atomic E-state index is 12.8. The summed E-state index contributed by atoms with van der Waals surface area (Å²) in [5.74, 6) is -0.340. The molecule has 3 aromatic rings. The molecule has 1 fully saturated rings. The highest BCUT2D eigenvalue weighted by Gasteiger charge is 2.24. The smallest absolute Gasteiger partial charge is 0.200 e. The van der Waals surface area contributed by atoms with Gasteiger partial charge in [0.1, 0.15) is 18.6 Å². The Morgan fingerprint density at radius 1 is 0.929 bits per heavy atom. The lowest BCUT2D eigenvalue weighted by Crippen LogP contribution is -2.34. The van der Waals surface area contributed by atoms with Crippen LogP contribution >= 0.6 is 0 Å². The number of rotatable bonds is 15. The number of ketones is 1. The minimum atomic E-state index is -0.890. The van der Waals surface area contributed by atoms with Gasteiger partial charge in [0, 0.05) is 12.8 Å². The van der Waals surface area contributed by atoms with E-state index in [-0.39, 0.29) is 66.1 Å². The van der Waals surface area contributed by atoms with Crippen LogP contribution in [0.2, 0.25) is 0 Å². The first-order valence-corrected chi connectivity index (χ1v) is 14.6. The van der Waals surface area contributed by atoms with Gasteiger partial charge >= 0.3 is 0 Å². The quantitative estimate of drug-likeness (QED) is 0.114. The topological polar surface area (TPSA) is 154 Å². The Labute approximate surface area is 246 Å². The van der Waals surface area contributed by atoms with Crippen molar-refractivity contribution in [3.05, 3.63) is 77.4 Å². The fourth-order valence-corrected chi connectivity index (χ4v) is 5.42. The van der Waals surface area contributed by atoms with Crippen LogP contribution in [-0.2, 0) is 17.6 Å². The summed E-state index contributed by atoms with van der Waals surface area (Å²) in [5, 5.41) is 45.3. The first-order valence-electron chi connectivity index (χ1n) is 14.6. The van der Waals surface area contributed by atoms with Crippen molar-refractivity contribution in [1.82, 2.24) is 5.32 Å². The van der Waals surface area contributed by atoms with Crippen LogP contribution in [0.3, 0.4) is 0 Å². The predicted octanol–water partition coefficient (Wildman–Crippen LogP) is 4.29. The summed E-state index contributed by atoms with van der Waals surface area (Å²) in [5.41, 5.74) is 8.12. The SMILES string of the molecule is NCOc1cc(CCC(=O)CC(O)CC(CCc2ccccc2)c2cc(O)c(O)c(OC3CCNCC3)c2)ccc1O. The molecule has 0 bridgehead atoms. The monoisotopic (exact) mass is 578 g/mol. The number of aromatic hydroxyl groups is 3. The molecule has 42 heavy (non-hydrogen) atoms. The van der Waals surface area contributed by atoms with Crippen LogP contribution in [0.15, 0.2) is 60.7 Å². The maximum Gasteiger partial charge on any atom is 0.200 e. The number of hydrogen-bond acceptors (Lipinski definition) is 9. The molecule has 0 amide bonds. The number of carbonyl (C=O) groups excluding carboxylic acids is 1. The van der Waals surface area contributed by atoms with Crippen molar-refractivity contribution in [2.24, 2.45) is 5.73 Å². The number of aliphatic hydroxyl groups is 1. The normalized spacial score (nSPS) is 15.2. The molecule has 9 heteroatoms. The van der Waals surface area contributed by atoms with Crippen molar-refractivity contribution in [3.63, 3.8) is 0 Å². The van der Waals surface area contributed by atoms with Crippen molar-refractivity contribution < 1.29 is 34.7 Å². The number of aryl methyl sites for hydroxylation is 2. The zero-order valence-corrected chi connectivity index (χ0v) is 23.9. The molecule has 7 N–H and O–H groups in total. The second-order valence-electron chi connectivity index (χ2n) is 10.9. The zero-order chi connectivity index (χ0) is 29.9. The van der Waals surface area contributed by atoms with E-state index in [1.165, 1.54) is 12.1 Å². The van der Waals surface area contributed by atoms with Gasteiger partial charge in [0.15, 0.2) is 23.0 Å². The number of phenols is 3. The lowest BCUT2D eigenvalue weighted by atomic mass is 9.86. The van der Waals surface area contributed by atoms with Gasteiger partial charge in [-0.25, -0.2) is 0 Å². The number of carbonyl (C=O) groups is 1. The van der Waals surface area contributed by atoms with Crippen LogP contribution < -0.4 is 20.5 Å². The summed E-state index contributed by atoms with van der Waals surface area (Å²) in [7, 11) is 0. The number of aliphatic hydroxyl groups excluding tert-OH is 1. The second-order valence-corrected chi connectivity index (χ2v) is 10.9. The molecule has 226 valence electrons. The van der Waals surface area contributed by atoms with E-state index in [1.54, 1.807) is 18.2 Å². The van der Waals surface area contributed by atoms with E-state index in [2.05, 4.69) is 5.32 Å². The Bertz CT molecular complexity index is 1300. The molecule has 0 aromatic heterocycles. The highest BCUT2D eigenvalue weighted by Crippen LogP contribution is 2.41. The first kappa shape index (κ1) is 31.2. The number of hydrogen-bond donors (Lipinski definition) is 6. The van der Waals surface area contributed by atoms with Gasteiger partial charge in [-0.05, 0) is 98.5 Å². The third-order valence-corrected chi connectivity index (χ3v) is 7.73. The molecule has 1 saturated heterocycles. The van der Waals surface area contributed by atoms with Gasteiger partial charge in [-0.15, -0.1) is 0 Å². The van der Waals surface area contributed by atoms with E-state index in [9.17, 15) is 25.2 Å². The van der Waals surface area contributed by atoms with E-state index >= 15 is 0 Å². The molecule has 4 rings (SSSR count). The van der Waals surface area contributed by atoms with Crippen LogP contribution in [0.5, 0.6) is 28.7 Å². The zero-order valence-electron chi connectivity index (χ0n) is 23.9. The Hall–Kier alpha value is -3.79. The van der Waals surface area contributed by atoms with Crippen LogP contribution in [0.25, 0.3) is 0 Å². The van der Waals surface area contributed by atoms with Crippen molar-refractivity contribution >= 4 is 5.78 Å². The standard InChI is InChI=1S/C33H42N2O7/c34-21-41-31-16-23(8-11-29(31)38)7-10-26(36)20-27(37)17-24(9-6-22-4-2-1-3-5-22)25-18-30(39)33(40)32(19-25)42-28-12-14-35-15-13-28/h1-5,8,11,16,18-19,24,27-28,35,37-40H,6-7,9-10,12-15,17,20-21,34H2. The van der Waals surface area contributed by atoms with E-state index in [0.717, 1.165) is 49.0 Å². The summed E-state index contributed by atoms with van der Waals surface area (Å²) in [6.45, 7) is 1.58. The number of nitrogens with one attached hydrogen (secondary N) is 1. The molecular formula is C33H42N2O7. The number of benzene rings is 3. The van der Waals surface area contributed by atoms with E-state index in [4.69, 9.17) is 15.2 Å². The lowest BCUT2D eigenvalue weighted by Gasteiger charge is -2.26. The average Bonchev–Trinajstić information content (AvgIpc) is 2.99. The molecule has 0 aliphatic carbocycles. The molecule has 1 aliphatic heterocycles.